The summed E-state index contributed by atoms with van der Waals surface area (Å²) >= 11 is 0. The van der Waals surface area contributed by atoms with E-state index in [-0.39, 0.29) is 25.9 Å². The fourth-order valence-electron chi connectivity index (χ4n) is 8.49. The summed E-state index contributed by atoms with van der Waals surface area (Å²) < 4.78 is 51.0. The van der Waals surface area contributed by atoms with Crippen LogP contribution in [-0.2, 0) is 52.4 Å². The van der Waals surface area contributed by atoms with Crippen LogP contribution in [-0.4, -0.2) is 171 Å². The first-order valence-electron chi connectivity index (χ1n) is 25.8. The topological polar surface area (TPSA) is 198 Å². The molecule has 0 saturated carbocycles. The monoisotopic (exact) mass is 1050 g/mol. The van der Waals surface area contributed by atoms with E-state index in [4.69, 9.17) is 67.7 Å². The van der Waals surface area contributed by atoms with Crippen molar-refractivity contribution >= 4 is 69.0 Å². The Hall–Kier alpha value is -4.31. The Morgan fingerprint density at radius 1 is 0.726 bits per heavy atom. The fraction of sp³-hybridized carbons (Fsp3) is 0.611. The largest absolute Gasteiger partial charge is 0.487 e. The molecule has 3 aliphatic heterocycles. The van der Waals surface area contributed by atoms with Crippen molar-refractivity contribution in [1.29, 1.82) is 0 Å². The number of carbonyl (C=O) groups excluding carboxylic acids is 1. The lowest BCUT2D eigenvalue weighted by atomic mass is 9.93. The zero-order valence-corrected chi connectivity index (χ0v) is 45.9. The fourth-order valence-corrected chi connectivity index (χ4v) is 10.1. The molecule has 0 aliphatic carbocycles. The van der Waals surface area contributed by atoms with Gasteiger partial charge in [-0.15, -0.1) is 0 Å². The number of benzene rings is 1. The lowest BCUT2D eigenvalue weighted by Crippen LogP contribution is -2.26. The predicted molar refractivity (Wildman–Crippen MR) is 296 cm³/mol. The number of carbonyl (C=O) groups is 1. The van der Waals surface area contributed by atoms with Crippen molar-refractivity contribution in [3.05, 3.63) is 62.6 Å². The van der Waals surface area contributed by atoms with Crippen LogP contribution in [0.5, 0.6) is 11.5 Å². The van der Waals surface area contributed by atoms with Gasteiger partial charge in [-0.05, 0) is 91.9 Å². The third-order valence-corrected chi connectivity index (χ3v) is 14.6. The number of aromatic nitrogens is 1. The second-order valence-corrected chi connectivity index (χ2v) is 20.0. The van der Waals surface area contributed by atoms with Gasteiger partial charge in [0.2, 0.25) is 0 Å². The normalized spacial score (nSPS) is 15.4. The van der Waals surface area contributed by atoms with E-state index < -0.39 is 6.09 Å². The highest BCUT2D eigenvalue weighted by atomic mass is 33.1. The average Bonchev–Trinajstić information content (AvgIpc) is 3.99. The third-order valence-electron chi connectivity index (χ3n) is 12.3. The van der Waals surface area contributed by atoms with Crippen LogP contribution in [0.2, 0.25) is 0 Å². The molecular formula is C54H80N6O11S2. The SMILES string of the molecule is CCCCC1=C(C)C2=NC1Cc1[nH]c(c(CC)c1CC)C=C1N=C(C=Nc3cc(OCCOCCOCCOC)c(OCCOCCOCCOC)cc3N=C2)C(C)=C1CCCNC(=O)OCCSSCCO. The Kier molecular flexibility index (Phi) is 28.0. The Balaban J connectivity index is 1.50. The van der Waals surface area contributed by atoms with Crippen molar-refractivity contribution in [1.82, 2.24) is 10.3 Å². The van der Waals surface area contributed by atoms with Crippen LogP contribution < -0.4 is 14.8 Å². The Morgan fingerprint density at radius 3 is 1.90 bits per heavy atom. The molecule has 0 saturated heterocycles. The number of nitrogens with zero attached hydrogens (tertiary/aromatic N) is 4. The molecule has 3 N–H and O–H groups in total. The molecule has 4 heterocycles. The zero-order chi connectivity index (χ0) is 52.0. The minimum Gasteiger partial charge on any atom is -0.487 e. The first kappa shape index (κ1) is 59.6. The number of hydrogen-bond donors (Lipinski definition) is 3. The number of aliphatic hydroxyl groups excluding tert-OH is 1. The number of unbranched alkanes of at least 4 members (excludes halogenated alkanes) is 1. The minimum absolute atomic E-state index is 0.0357. The molecule has 0 spiro atoms. The highest BCUT2D eigenvalue weighted by Crippen LogP contribution is 2.41. The number of nitrogens with one attached hydrogen (secondary N) is 2. The van der Waals surface area contributed by atoms with Crippen molar-refractivity contribution in [3.8, 4) is 11.5 Å². The van der Waals surface area contributed by atoms with E-state index in [9.17, 15) is 4.79 Å². The summed E-state index contributed by atoms with van der Waals surface area (Å²) in [6, 6.07) is 3.67. The molecule has 2 aromatic rings. The number of methoxy groups -OCH3 is 2. The van der Waals surface area contributed by atoms with Gasteiger partial charge in [0.15, 0.2) is 11.5 Å². The van der Waals surface area contributed by atoms with Crippen molar-refractivity contribution in [2.45, 2.75) is 92.0 Å². The zero-order valence-electron chi connectivity index (χ0n) is 44.3. The number of rotatable bonds is 35. The standard InChI is InChI=1S/C54H80N6O11S2/c1-8-11-13-42-38(4)50-36-56-48-34-52(69-27-25-67-23-21-65-19-17-63-6)53(70-28-26-68-24-22-66-20-18-64-7)35-49(48)57-37-51-39(5)43(14-12-15-55-54(62)71-29-31-73-72-30-16-61)47(60-51)33-45-41(10-3)40(9-2)44(58-45)32-46(42)59-50/h33-37,46,58,61H,8-32H2,1-7H3,(H,55,62). The van der Waals surface area contributed by atoms with Crippen LogP contribution in [0, 0.1) is 0 Å². The summed E-state index contributed by atoms with van der Waals surface area (Å²) in [4.78, 5) is 37.3. The molecule has 1 unspecified atom stereocenters. The number of aliphatic hydroxyl groups is 1. The molecule has 0 radical (unpaired) electrons. The van der Waals surface area contributed by atoms with Crippen LogP contribution in [0.4, 0.5) is 16.2 Å². The summed E-state index contributed by atoms with van der Waals surface area (Å²) in [7, 11) is 6.41. The van der Waals surface area contributed by atoms with E-state index in [1.54, 1.807) is 42.0 Å². The number of aromatic amines is 1. The van der Waals surface area contributed by atoms with Gasteiger partial charge < -0.3 is 58.0 Å². The van der Waals surface area contributed by atoms with Gasteiger partial charge in [0, 0.05) is 62.2 Å². The van der Waals surface area contributed by atoms with Crippen molar-refractivity contribution in [2.75, 3.05) is 125 Å². The Labute approximate surface area is 440 Å². The number of H-pyrrole nitrogens is 1. The first-order chi connectivity index (χ1) is 35.8. The summed E-state index contributed by atoms with van der Waals surface area (Å²) in [6.45, 7) is 16.7. The van der Waals surface area contributed by atoms with Gasteiger partial charge in [-0.1, -0.05) is 48.8 Å². The van der Waals surface area contributed by atoms with Gasteiger partial charge >= 0.3 is 6.09 Å². The van der Waals surface area contributed by atoms with Crippen LogP contribution in [0.25, 0.3) is 6.08 Å². The molecule has 19 heteroatoms. The number of fused-ring (bicyclic) bond motifs is 5. The van der Waals surface area contributed by atoms with Crippen LogP contribution in [0.1, 0.15) is 89.2 Å². The molecule has 0 fully saturated rings. The summed E-state index contributed by atoms with van der Waals surface area (Å²) in [5.74, 6) is 2.25. The number of aliphatic imine (C=N–C) groups is 4. The lowest BCUT2D eigenvalue weighted by molar-refractivity contribution is 0.0160. The smallest absolute Gasteiger partial charge is 0.407 e. The van der Waals surface area contributed by atoms with Crippen molar-refractivity contribution in [3.63, 3.8) is 0 Å². The molecule has 17 nitrogen and oxygen atoms in total. The maximum Gasteiger partial charge on any atom is 0.407 e. The molecule has 1 amide bonds. The van der Waals surface area contributed by atoms with E-state index in [2.05, 4.69) is 51.0 Å². The second kappa shape index (κ2) is 34.3. The van der Waals surface area contributed by atoms with Crippen LogP contribution in [0.3, 0.4) is 0 Å². The van der Waals surface area contributed by atoms with E-state index in [1.807, 2.05) is 18.3 Å². The number of ether oxygens (including phenoxy) is 9. The van der Waals surface area contributed by atoms with E-state index in [1.165, 1.54) is 22.4 Å². The molecule has 6 bridgehead atoms. The molecule has 5 rings (SSSR count). The minimum atomic E-state index is -0.444. The van der Waals surface area contributed by atoms with Gasteiger partial charge in [-0.2, -0.15) is 0 Å². The molecular weight excluding hydrogens is 973 g/mol. The van der Waals surface area contributed by atoms with Gasteiger partial charge in [0.25, 0.3) is 0 Å². The number of amides is 1. The second-order valence-electron chi connectivity index (χ2n) is 17.3. The number of hydrogen-bond acceptors (Lipinski definition) is 17. The van der Waals surface area contributed by atoms with E-state index in [0.29, 0.717) is 126 Å². The van der Waals surface area contributed by atoms with Gasteiger partial charge in [-0.25, -0.2) is 9.79 Å². The molecule has 3 aliphatic rings. The summed E-state index contributed by atoms with van der Waals surface area (Å²) in [6.07, 6.45) is 12.3. The maximum absolute atomic E-state index is 12.6. The van der Waals surface area contributed by atoms with E-state index >= 15 is 0 Å². The summed E-state index contributed by atoms with van der Waals surface area (Å²) in [5.41, 5.74) is 13.0. The average molecular weight is 1050 g/mol. The van der Waals surface area contributed by atoms with Gasteiger partial charge in [-0.3, -0.25) is 15.0 Å². The third kappa shape index (κ3) is 19.4. The maximum atomic E-state index is 12.6. The molecule has 404 valence electrons. The Morgan fingerprint density at radius 2 is 1.32 bits per heavy atom. The Bertz CT molecular complexity index is 2260. The quantitative estimate of drug-likeness (QED) is 0.0437. The van der Waals surface area contributed by atoms with Crippen molar-refractivity contribution < 1.29 is 52.5 Å². The number of allylic oxidation sites excluding steroid dienone is 3. The lowest BCUT2D eigenvalue weighted by Gasteiger charge is -2.15. The molecule has 1 aromatic heterocycles. The highest BCUT2D eigenvalue weighted by molar-refractivity contribution is 8.76. The van der Waals surface area contributed by atoms with Crippen LogP contribution >= 0.6 is 21.6 Å². The van der Waals surface area contributed by atoms with Crippen molar-refractivity contribution in [2.24, 2.45) is 20.0 Å². The van der Waals surface area contributed by atoms with Gasteiger partial charge in [0.05, 0.1) is 120 Å². The first-order valence-corrected chi connectivity index (χ1v) is 28.3. The number of alkyl carbamates (subject to hydrolysis) is 1. The molecule has 1 atom stereocenters. The van der Waals surface area contributed by atoms with Crippen LogP contribution in [0.15, 0.2) is 60.1 Å². The molecule has 73 heavy (non-hydrogen) atoms. The predicted octanol–water partition coefficient (Wildman–Crippen LogP) is 9.24. The van der Waals surface area contributed by atoms with Gasteiger partial charge in [0.1, 0.15) is 19.8 Å². The highest BCUT2D eigenvalue weighted by Gasteiger charge is 2.28. The molecule has 1 aromatic carbocycles. The summed E-state index contributed by atoms with van der Waals surface area (Å²) in [5, 5.41) is 11.9. The van der Waals surface area contributed by atoms with E-state index in [0.717, 1.165) is 78.1 Å².